The van der Waals surface area contributed by atoms with Crippen molar-refractivity contribution in [1.82, 2.24) is 4.90 Å². The lowest BCUT2D eigenvalue weighted by atomic mass is 9.68. The van der Waals surface area contributed by atoms with Gasteiger partial charge in [-0.25, -0.2) is 0 Å². The van der Waals surface area contributed by atoms with E-state index in [4.69, 9.17) is 10.9 Å². The van der Waals surface area contributed by atoms with Gasteiger partial charge in [0.15, 0.2) is 0 Å². The van der Waals surface area contributed by atoms with E-state index in [1.54, 1.807) is 0 Å². The normalized spacial score (nSPS) is 25.4. The average Bonchev–Trinajstić information content (AvgIpc) is 2.42. The zero-order valence-electron chi connectivity index (χ0n) is 11.4. The molecule has 2 fully saturated rings. The number of nitrogens with zero attached hydrogens (tertiary/aromatic N) is 2. The summed E-state index contributed by atoms with van der Waals surface area (Å²) in [5.74, 6) is 0.357. The Hall–Kier alpha value is -0.770. The third-order valence-electron chi connectivity index (χ3n) is 4.87. The molecule has 1 aliphatic carbocycles. The van der Waals surface area contributed by atoms with Crippen molar-refractivity contribution in [2.45, 2.75) is 57.8 Å². The zero-order valence-corrected chi connectivity index (χ0v) is 11.4. The molecule has 0 aromatic rings. The van der Waals surface area contributed by atoms with E-state index in [1.165, 1.54) is 58.0 Å². The molecule has 0 bridgehead atoms. The number of oxime groups is 1. The largest absolute Gasteiger partial charge is 0.409 e. The molecule has 0 amide bonds. The smallest absolute Gasteiger partial charge is 0.139 e. The summed E-state index contributed by atoms with van der Waals surface area (Å²) in [7, 11) is 0. The highest BCUT2D eigenvalue weighted by molar-refractivity contribution is 5.79. The standard InChI is InChI=1S/C14H27N3O/c15-13(16-18)5-4-10-17-11-8-14(9-12-17)6-2-1-3-7-14/h18H,1-12H2,(H2,15,16). The van der Waals surface area contributed by atoms with Crippen LogP contribution in [0.2, 0.25) is 0 Å². The quantitative estimate of drug-likeness (QED) is 0.350. The van der Waals surface area contributed by atoms with Crippen molar-refractivity contribution in [2.24, 2.45) is 16.3 Å². The van der Waals surface area contributed by atoms with Gasteiger partial charge < -0.3 is 15.8 Å². The van der Waals surface area contributed by atoms with Crippen LogP contribution in [0.4, 0.5) is 0 Å². The minimum Gasteiger partial charge on any atom is -0.409 e. The van der Waals surface area contributed by atoms with Gasteiger partial charge in [-0.1, -0.05) is 24.4 Å². The van der Waals surface area contributed by atoms with Crippen LogP contribution in [-0.4, -0.2) is 35.6 Å². The number of nitrogens with two attached hydrogens (primary N) is 1. The van der Waals surface area contributed by atoms with Gasteiger partial charge in [-0.05, 0) is 57.2 Å². The van der Waals surface area contributed by atoms with Crippen molar-refractivity contribution in [1.29, 1.82) is 0 Å². The lowest BCUT2D eigenvalue weighted by molar-refractivity contribution is 0.0675. The van der Waals surface area contributed by atoms with Gasteiger partial charge in [0.05, 0.1) is 0 Å². The SMILES string of the molecule is N/C(CCCN1CCC2(CCCCC2)CC1)=N\O. The molecular formula is C14H27N3O. The van der Waals surface area contributed by atoms with Gasteiger partial charge in [0, 0.05) is 6.42 Å². The summed E-state index contributed by atoms with van der Waals surface area (Å²) in [4.78, 5) is 2.55. The van der Waals surface area contributed by atoms with Crippen molar-refractivity contribution in [3.05, 3.63) is 0 Å². The highest BCUT2D eigenvalue weighted by Crippen LogP contribution is 2.44. The Morgan fingerprint density at radius 3 is 2.39 bits per heavy atom. The maximum Gasteiger partial charge on any atom is 0.139 e. The summed E-state index contributed by atoms with van der Waals surface area (Å²) in [6, 6.07) is 0. The number of amidine groups is 1. The second-order valence-corrected chi connectivity index (χ2v) is 6.10. The second kappa shape index (κ2) is 6.41. The molecule has 18 heavy (non-hydrogen) atoms. The average molecular weight is 253 g/mol. The van der Waals surface area contributed by atoms with Gasteiger partial charge >= 0.3 is 0 Å². The Balaban J connectivity index is 1.67. The van der Waals surface area contributed by atoms with Gasteiger partial charge in [-0.3, -0.25) is 0 Å². The van der Waals surface area contributed by atoms with E-state index in [2.05, 4.69) is 10.1 Å². The minimum absolute atomic E-state index is 0.357. The molecule has 2 aliphatic rings. The van der Waals surface area contributed by atoms with Crippen LogP contribution in [0.3, 0.4) is 0 Å². The van der Waals surface area contributed by atoms with Crippen molar-refractivity contribution in [2.75, 3.05) is 19.6 Å². The van der Waals surface area contributed by atoms with E-state index < -0.39 is 0 Å². The number of rotatable bonds is 4. The van der Waals surface area contributed by atoms with Crippen LogP contribution < -0.4 is 5.73 Å². The van der Waals surface area contributed by atoms with E-state index in [0.29, 0.717) is 17.7 Å². The molecule has 0 unspecified atom stereocenters. The minimum atomic E-state index is 0.357. The fraction of sp³-hybridized carbons (Fsp3) is 0.929. The molecule has 104 valence electrons. The van der Waals surface area contributed by atoms with E-state index in [9.17, 15) is 0 Å². The molecule has 2 rings (SSSR count). The van der Waals surface area contributed by atoms with Crippen LogP contribution in [0.25, 0.3) is 0 Å². The van der Waals surface area contributed by atoms with Crippen LogP contribution in [0.15, 0.2) is 5.16 Å². The zero-order chi connectivity index (χ0) is 12.8. The lowest BCUT2D eigenvalue weighted by Gasteiger charge is -2.44. The second-order valence-electron chi connectivity index (χ2n) is 6.10. The molecule has 0 aromatic carbocycles. The monoisotopic (exact) mass is 253 g/mol. The van der Waals surface area contributed by atoms with Crippen molar-refractivity contribution < 1.29 is 5.21 Å². The van der Waals surface area contributed by atoms with E-state index >= 15 is 0 Å². The maximum atomic E-state index is 8.49. The molecule has 1 saturated carbocycles. The predicted molar refractivity (Wildman–Crippen MR) is 73.8 cm³/mol. The molecule has 0 atom stereocenters. The molecule has 1 saturated heterocycles. The first-order chi connectivity index (χ1) is 8.74. The van der Waals surface area contributed by atoms with Crippen molar-refractivity contribution in [3.8, 4) is 0 Å². The summed E-state index contributed by atoms with van der Waals surface area (Å²) >= 11 is 0. The first kappa shape index (κ1) is 13.7. The number of likely N-dealkylation sites (tertiary alicyclic amines) is 1. The summed E-state index contributed by atoms with van der Waals surface area (Å²) in [6.45, 7) is 3.58. The Morgan fingerprint density at radius 2 is 1.78 bits per heavy atom. The van der Waals surface area contributed by atoms with Crippen LogP contribution in [-0.2, 0) is 0 Å². The predicted octanol–water partition coefficient (Wildman–Crippen LogP) is 2.56. The Labute approximate surface area is 110 Å². The first-order valence-electron chi connectivity index (χ1n) is 7.43. The fourth-order valence-electron chi connectivity index (χ4n) is 3.59. The van der Waals surface area contributed by atoms with Gasteiger partial charge in [0.2, 0.25) is 0 Å². The van der Waals surface area contributed by atoms with Crippen molar-refractivity contribution >= 4 is 5.84 Å². The molecule has 0 aromatic heterocycles. The molecular weight excluding hydrogens is 226 g/mol. The Bertz CT molecular complexity index is 275. The van der Waals surface area contributed by atoms with Gasteiger partial charge in [-0.15, -0.1) is 0 Å². The van der Waals surface area contributed by atoms with E-state index in [0.717, 1.165) is 13.0 Å². The van der Waals surface area contributed by atoms with Crippen molar-refractivity contribution in [3.63, 3.8) is 0 Å². The Morgan fingerprint density at radius 1 is 1.11 bits per heavy atom. The van der Waals surface area contributed by atoms with Crippen LogP contribution >= 0.6 is 0 Å². The van der Waals surface area contributed by atoms with Crippen LogP contribution in [0.5, 0.6) is 0 Å². The topological polar surface area (TPSA) is 61.8 Å². The lowest BCUT2D eigenvalue weighted by Crippen LogP contribution is -2.41. The molecule has 0 radical (unpaired) electrons. The first-order valence-corrected chi connectivity index (χ1v) is 7.43. The van der Waals surface area contributed by atoms with E-state index in [1.807, 2.05) is 0 Å². The molecule has 1 heterocycles. The highest BCUT2D eigenvalue weighted by Gasteiger charge is 2.35. The van der Waals surface area contributed by atoms with Gasteiger partial charge in [-0.2, -0.15) is 0 Å². The summed E-state index contributed by atoms with van der Waals surface area (Å²) in [5, 5.41) is 11.5. The number of hydrogen-bond donors (Lipinski definition) is 2. The molecule has 3 N–H and O–H groups in total. The van der Waals surface area contributed by atoms with Gasteiger partial charge in [0.1, 0.15) is 5.84 Å². The van der Waals surface area contributed by atoms with Crippen LogP contribution in [0.1, 0.15) is 57.8 Å². The molecule has 4 heteroatoms. The van der Waals surface area contributed by atoms with Gasteiger partial charge in [0.25, 0.3) is 0 Å². The molecule has 1 aliphatic heterocycles. The fourth-order valence-corrected chi connectivity index (χ4v) is 3.59. The summed E-state index contributed by atoms with van der Waals surface area (Å²) < 4.78 is 0. The third-order valence-corrected chi connectivity index (χ3v) is 4.87. The molecule has 4 nitrogen and oxygen atoms in total. The number of piperidine rings is 1. The number of hydrogen-bond acceptors (Lipinski definition) is 3. The van der Waals surface area contributed by atoms with E-state index in [-0.39, 0.29) is 0 Å². The molecule has 1 spiro atoms. The Kier molecular flexibility index (Phi) is 4.87. The maximum absolute atomic E-state index is 8.49. The van der Waals surface area contributed by atoms with Crippen LogP contribution in [0, 0.1) is 5.41 Å². The summed E-state index contributed by atoms with van der Waals surface area (Å²) in [5.41, 5.74) is 6.18. The third kappa shape index (κ3) is 3.61. The summed E-state index contributed by atoms with van der Waals surface area (Å²) in [6.07, 6.45) is 11.8. The highest BCUT2D eigenvalue weighted by atomic mass is 16.4.